The monoisotopic (exact) mass is 135 g/mol. The lowest BCUT2D eigenvalue weighted by Gasteiger charge is -2.05. The van der Waals surface area contributed by atoms with Crippen molar-refractivity contribution in [2.24, 2.45) is 0 Å². The number of nitrogens with zero attached hydrogens (tertiary/aromatic N) is 1. The molecule has 0 unspecified atom stereocenters. The second-order valence-electron chi connectivity index (χ2n) is 1.72. The molecule has 1 fully saturated rings. The van der Waals surface area contributed by atoms with Crippen LogP contribution in [0, 0.1) is 10.1 Å². The summed E-state index contributed by atoms with van der Waals surface area (Å²) >= 11 is 0. The van der Waals surface area contributed by atoms with E-state index in [2.05, 4.69) is 4.99 Å². The van der Waals surface area contributed by atoms with Gasteiger partial charge in [0.05, 0.1) is 0 Å². The zero-order chi connectivity index (χ0) is 7.11. The highest BCUT2D eigenvalue weighted by Gasteiger charge is 1.95. The molecular formula is C4H9NO4. The Morgan fingerprint density at radius 2 is 1.56 bits per heavy atom. The standard InChI is InChI=1S/C4H8.HNO4/c1-2-4-3-1;2-1(3)5-4/h1-4H2;4H. The van der Waals surface area contributed by atoms with Gasteiger partial charge in [0.2, 0.25) is 0 Å². The average molecular weight is 135 g/mol. The number of rotatable bonds is 1. The van der Waals surface area contributed by atoms with Crippen molar-refractivity contribution in [2.75, 3.05) is 0 Å². The van der Waals surface area contributed by atoms with Gasteiger partial charge >= 0.3 is 5.09 Å². The first-order chi connectivity index (χ1) is 4.27. The Labute approximate surface area is 52.3 Å². The van der Waals surface area contributed by atoms with Gasteiger partial charge in [0.15, 0.2) is 0 Å². The Hall–Kier alpha value is -0.840. The summed E-state index contributed by atoms with van der Waals surface area (Å²) in [5, 5.41) is 14.3. The molecule has 1 N–H and O–H groups in total. The van der Waals surface area contributed by atoms with Crippen molar-refractivity contribution in [3.63, 3.8) is 0 Å². The van der Waals surface area contributed by atoms with Crippen LogP contribution in [0.5, 0.6) is 0 Å². The molecule has 0 heterocycles. The van der Waals surface area contributed by atoms with Crippen LogP contribution in [0.25, 0.3) is 0 Å². The fourth-order valence-electron chi connectivity index (χ4n) is 0.250. The Bertz CT molecular complexity index is 76.6. The maximum atomic E-state index is 8.70. The number of hydrogen-bond donors (Lipinski definition) is 1. The Balaban J connectivity index is 0.000000144. The van der Waals surface area contributed by atoms with Gasteiger partial charge in [-0.05, 0) is 0 Å². The summed E-state index contributed by atoms with van der Waals surface area (Å²) in [5.41, 5.74) is 0. The predicted molar refractivity (Wildman–Crippen MR) is 29.2 cm³/mol. The van der Waals surface area contributed by atoms with Gasteiger partial charge in [-0.1, -0.05) is 25.7 Å². The molecular weight excluding hydrogens is 126 g/mol. The summed E-state index contributed by atoms with van der Waals surface area (Å²) < 4.78 is 0. The van der Waals surface area contributed by atoms with Gasteiger partial charge in [-0.25, -0.2) is 5.26 Å². The summed E-state index contributed by atoms with van der Waals surface area (Å²) in [5.74, 6) is 0. The predicted octanol–water partition coefficient (Wildman–Crippen LogP) is 1.23. The van der Waals surface area contributed by atoms with E-state index in [1.807, 2.05) is 0 Å². The quantitative estimate of drug-likeness (QED) is 0.333. The van der Waals surface area contributed by atoms with Crippen molar-refractivity contribution < 1.29 is 15.3 Å². The maximum Gasteiger partial charge on any atom is 0.322 e. The Morgan fingerprint density at radius 3 is 1.56 bits per heavy atom. The molecule has 0 spiro atoms. The summed E-state index contributed by atoms with van der Waals surface area (Å²) in [6, 6.07) is 0. The molecule has 1 aliphatic rings. The molecule has 54 valence electrons. The van der Waals surface area contributed by atoms with Crippen LogP contribution in [0.2, 0.25) is 0 Å². The van der Waals surface area contributed by atoms with Crippen LogP contribution in [0.15, 0.2) is 0 Å². The average Bonchev–Trinajstić information content (AvgIpc) is 1.61. The van der Waals surface area contributed by atoms with E-state index >= 15 is 0 Å². The topological polar surface area (TPSA) is 72.6 Å². The third-order valence-corrected chi connectivity index (χ3v) is 1.07. The normalized spacial score (nSPS) is 14.3. The first kappa shape index (κ1) is 8.16. The first-order valence-corrected chi connectivity index (χ1v) is 2.73. The largest absolute Gasteiger partial charge is 0.322 e. The summed E-state index contributed by atoms with van der Waals surface area (Å²) in [6.07, 6.45) is 6.00. The van der Waals surface area contributed by atoms with Gasteiger partial charge in [-0.15, -0.1) is 15.1 Å². The van der Waals surface area contributed by atoms with Crippen molar-refractivity contribution >= 4 is 0 Å². The maximum absolute atomic E-state index is 8.70. The molecule has 5 nitrogen and oxygen atoms in total. The van der Waals surface area contributed by atoms with E-state index < -0.39 is 5.09 Å². The molecule has 1 saturated carbocycles. The van der Waals surface area contributed by atoms with E-state index in [0.29, 0.717) is 0 Å². The highest BCUT2D eigenvalue weighted by atomic mass is 17.3. The lowest BCUT2D eigenvalue weighted by Crippen LogP contribution is -1.92. The van der Waals surface area contributed by atoms with E-state index in [1.165, 1.54) is 25.7 Å². The summed E-state index contributed by atoms with van der Waals surface area (Å²) in [4.78, 5) is 11.2. The van der Waals surface area contributed by atoms with E-state index in [0.717, 1.165) is 0 Å². The number of hydrogen-bond acceptors (Lipinski definition) is 4. The molecule has 0 saturated heterocycles. The second kappa shape index (κ2) is 5.30. The molecule has 0 aromatic carbocycles. The molecule has 1 rings (SSSR count). The molecule has 1 aliphatic carbocycles. The molecule has 0 atom stereocenters. The molecule has 0 bridgehead atoms. The molecule has 9 heavy (non-hydrogen) atoms. The van der Waals surface area contributed by atoms with E-state index in [4.69, 9.17) is 15.4 Å². The minimum Gasteiger partial charge on any atom is -0.214 e. The van der Waals surface area contributed by atoms with Crippen molar-refractivity contribution in [3.8, 4) is 0 Å². The van der Waals surface area contributed by atoms with Gasteiger partial charge in [0, 0.05) is 0 Å². The van der Waals surface area contributed by atoms with E-state index in [1.54, 1.807) is 0 Å². The van der Waals surface area contributed by atoms with Crippen LogP contribution in [0.1, 0.15) is 25.7 Å². The van der Waals surface area contributed by atoms with Gasteiger partial charge in [0.25, 0.3) is 0 Å². The Morgan fingerprint density at radius 1 is 1.33 bits per heavy atom. The van der Waals surface area contributed by atoms with E-state index in [-0.39, 0.29) is 0 Å². The fraction of sp³-hybridized carbons (Fsp3) is 1.00. The smallest absolute Gasteiger partial charge is 0.214 e. The molecule has 5 heteroatoms. The third kappa shape index (κ3) is 7.16. The summed E-state index contributed by atoms with van der Waals surface area (Å²) in [6.45, 7) is 0. The fourth-order valence-corrected chi connectivity index (χ4v) is 0.250. The van der Waals surface area contributed by atoms with Crippen LogP contribution >= 0.6 is 0 Å². The van der Waals surface area contributed by atoms with Crippen LogP contribution < -0.4 is 0 Å². The zero-order valence-corrected chi connectivity index (χ0v) is 4.95. The summed E-state index contributed by atoms with van der Waals surface area (Å²) in [7, 11) is 0. The van der Waals surface area contributed by atoms with Crippen LogP contribution in [-0.4, -0.2) is 10.3 Å². The van der Waals surface area contributed by atoms with Gasteiger partial charge in [-0.3, -0.25) is 0 Å². The minimum absolute atomic E-state index is 1.32. The zero-order valence-electron chi connectivity index (χ0n) is 4.95. The third-order valence-electron chi connectivity index (χ3n) is 1.07. The molecule has 0 aliphatic heterocycles. The van der Waals surface area contributed by atoms with E-state index in [9.17, 15) is 0 Å². The SMILES string of the molecule is C1CCC1.O=[N+]([O-])OO. The molecule has 0 aromatic heterocycles. The lowest BCUT2D eigenvalue weighted by atomic mass is 10.0. The molecule has 0 radical (unpaired) electrons. The second-order valence-corrected chi connectivity index (χ2v) is 1.72. The van der Waals surface area contributed by atoms with Crippen molar-refractivity contribution in [2.45, 2.75) is 25.7 Å². The van der Waals surface area contributed by atoms with Crippen molar-refractivity contribution in [3.05, 3.63) is 10.1 Å². The first-order valence-electron chi connectivity index (χ1n) is 2.73. The molecule has 0 aromatic rings. The van der Waals surface area contributed by atoms with Crippen LogP contribution in [-0.2, 0) is 4.99 Å². The van der Waals surface area contributed by atoms with Crippen molar-refractivity contribution in [1.82, 2.24) is 0 Å². The highest BCUT2D eigenvalue weighted by molar-refractivity contribution is 4.50. The minimum atomic E-state index is -1.32. The lowest BCUT2D eigenvalue weighted by molar-refractivity contribution is -0.846. The Kier molecular flexibility index (Phi) is 4.81. The van der Waals surface area contributed by atoms with Crippen molar-refractivity contribution in [1.29, 1.82) is 0 Å². The van der Waals surface area contributed by atoms with Gasteiger partial charge in [-0.2, -0.15) is 0 Å². The van der Waals surface area contributed by atoms with Crippen LogP contribution in [0.4, 0.5) is 0 Å². The van der Waals surface area contributed by atoms with Crippen LogP contribution in [0.3, 0.4) is 0 Å². The van der Waals surface area contributed by atoms with Gasteiger partial charge < -0.3 is 0 Å². The van der Waals surface area contributed by atoms with Gasteiger partial charge in [0.1, 0.15) is 0 Å². The molecule has 0 amide bonds. The highest BCUT2D eigenvalue weighted by Crippen LogP contribution is 2.15.